The van der Waals surface area contributed by atoms with Crippen molar-refractivity contribution >= 4 is 27.9 Å². The average Bonchev–Trinajstić information content (AvgIpc) is 2.96. The average molecular weight is 326 g/mol. The number of benzene rings is 1. The maximum atomic E-state index is 13.1. The Morgan fingerprint density at radius 1 is 1.42 bits per heavy atom. The van der Waals surface area contributed by atoms with E-state index in [1.165, 1.54) is 17.0 Å². The van der Waals surface area contributed by atoms with Crippen molar-refractivity contribution in [2.75, 3.05) is 11.4 Å². The molecule has 1 unspecified atom stereocenters. The third kappa shape index (κ3) is 2.37. The molecule has 19 heavy (non-hydrogen) atoms. The summed E-state index contributed by atoms with van der Waals surface area (Å²) in [4.78, 5) is 13.2. The van der Waals surface area contributed by atoms with Gasteiger partial charge in [0.2, 0.25) is 11.8 Å². The number of carbonyl (C=O) groups is 1. The first-order valence-electron chi connectivity index (χ1n) is 5.67. The van der Waals surface area contributed by atoms with Gasteiger partial charge in [0.1, 0.15) is 5.82 Å². The second-order valence-electron chi connectivity index (χ2n) is 4.21. The standard InChI is InChI=1S/C12H9BrFN3O2/c13-8-5-10(18)17(6-8)12-16-15-11(19-12)7-2-1-3-9(14)4-7/h1-4,8H,5-6H2. The van der Waals surface area contributed by atoms with Crippen LogP contribution in [0.3, 0.4) is 0 Å². The number of amides is 1. The van der Waals surface area contributed by atoms with Crippen molar-refractivity contribution in [2.24, 2.45) is 0 Å². The number of hydrogen-bond donors (Lipinski definition) is 0. The van der Waals surface area contributed by atoms with Gasteiger partial charge in [-0.2, -0.15) is 0 Å². The van der Waals surface area contributed by atoms with Gasteiger partial charge in [-0.15, -0.1) is 5.10 Å². The molecule has 98 valence electrons. The van der Waals surface area contributed by atoms with Gasteiger partial charge in [-0.25, -0.2) is 4.39 Å². The summed E-state index contributed by atoms with van der Waals surface area (Å²) in [5.74, 6) is -0.258. The van der Waals surface area contributed by atoms with Gasteiger partial charge in [-0.3, -0.25) is 9.69 Å². The molecule has 2 aromatic rings. The lowest BCUT2D eigenvalue weighted by Gasteiger charge is -2.08. The van der Waals surface area contributed by atoms with E-state index in [0.29, 0.717) is 18.5 Å². The van der Waals surface area contributed by atoms with Crippen LogP contribution in [0.1, 0.15) is 6.42 Å². The van der Waals surface area contributed by atoms with Crippen LogP contribution in [0.25, 0.3) is 11.5 Å². The minimum Gasteiger partial charge on any atom is -0.403 e. The van der Waals surface area contributed by atoms with Crippen LogP contribution in [0.2, 0.25) is 0 Å². The van der Waals surface area contributed by atoms with Gasteiger partial charge < -0.3 is 4.42 Å². The van der Waals surface area contributed by atoms with E-state index in [1.54, 1.807) is 12.1 Å². The van der Waals surface area contributed by atoms with Crippen LogP contribution < -0.4 is 4.90 Å². The molecule has 0 bridgehead atoms. The van der Waals surface area contributed by atoms with Crippen molar-refractivity contribution in [3.8, 4) is 11.5 Å². The molecule has 1 aromatic heterocycles. The van der Waals surface area contributed by atoms with E-state index < -0.39 is 0 Å². The fraction of sp³-hybridized carbons (Fsp3) is 0.250. The monoisotopic (exact) mass is 325 g/mol. The molecule has 0 saturated carbocycles. The predicted molar refractivity (Wildman–Crippen MR) is 69.4 cm³/mol. The number of carbonyl (C=O) groups excluding carboxylic acids is 1. The molecule has 0 radical (unpaired) electrons. The van der Waals surface area contributed by atoms with Crippen molar-refractivity contribution in [3.05, 3.63) is 30.1 Å². The molecule has 1 aliphatic heterocycles. The van der Waals surface area contributed by atoms with E-state index >= 15 is 0 Å². The number of anilines is 1. The first-order chi connectivity index (χ1) is 9.13. The van der Waals surface area contributed by atoms with E-state index in [-0.39, 0.29) is 28.5 Å². The highest BCUT2D eigenvalue weighted by atomic mass is 79.9. The molecule has 2 heterocycles. The Balaban J connectivity index is 1.90. The van der Waals surface area contributed by atoms with Crippen molar-refractivity contribution in [3.63, 3.8) is 0 Å². The fourth-order valence-electron chi connectivity index (χ4n) is 1.91. The SMILES string of the molecule is O=C1CC(Br)CN1c1nnc(-c2cccc(F)c2)o1. The smallest absolute Gasteiger partial charge is 0.325 e. The lowest BCUT2D eigenvalue weighted by Crippen LogP contribution is -2.24. The van der Waals surface area contributed by atoms with E-state index in [4.69, 9.17) is 4.42 Å². The van der Waals surface area contributed by atoms with Crippen LogP contribution in [-0.4, -0.2) is 27.5 Å². The first-order valence-corrected chi connectivity index (χ1v) is 6.59. The molecule has 1 amide bonds. The third-order valence-electron chi connectivity index (χ3n) is 2.79. The minimum absolute atomic E-state index is 0.0729. The summed E-state index contributed by atoms with van der Waals surface area (Å²) in [5.41, 5.74) is 0.487. The van der Waals surface area contributed by atoms with E-state index in [1.807, 2.05) is 0 Å². The summed E-state index contributed by atoms with van der Waals surface area (Å²) in [5, 5.41) is 7.67. The molecule has 3 rings (SSSR count). The Bertz CT molecular complexity index is 631. The Labute approximate surface area is 116 Å². The molecule has 1 aromatic carbocycles. The number of rotatable bonds is 2. The van der Waals surface area contributed by atoms with Crippen LogP contribution in [-0.2, 0) is 4.79 Å². The van der Waals surface area contributed by atoms with Crippen molar-refractivity contribution < 1.29 is 13.6 Å². The van der Waals surface area contributed by atoms with E-state index in [0.717, 1.165) is 0 Å². The summed E-state index contributed by atoms with van der Waals surface area (Å²) < 4.78 is 18.5. The van der Waals surface area contributed by atoms with Crippen LogP contribution >= 0.6 is 15.9 Å². The highest BCUT2D eigenvalue weighted by molar-refractivity contribution is 9.09. The first kappa shape index (κ1) is 12.3. The molecule has 1 aliphatic rings. The number of aromatic nitrogens is 2. The Hall–Kier alpha value is -1.76. The third-order valence-corrected chi connectivity index (χ3v) is 3.41. The topological polar surface area (TPSA) is 59.2 Å². The number of halogens is 2. The largest absolute Gasteiger partial charge is 0.403 e. The van der Waals surface area contributed by atoms with Crippen molar-refractivity contribution in [1.82, 2.24) is 10.2 Å². The number of alkyl halides is 1. The fourth-order valence-corrected chi connectivity index (χ4v) is 2.48. The molecule has 1 fully saturated rings. The van der Waals surface area contributed by atoms with Gasteiger partial charge in [-0.1, -0.05) is 27.1 Å². The Morgan fingerprint density at radius 2 is 2.26 bits per heavy atom. The van der Waals surface area contributed by atoms with Crippen molar-refractivity contribution in [2.45, 2.75) is 11.2 Å². The second-order valence-corrected chi connectivity index (χ2v) is 5.50. The van der Waals surface area contributed by atoms with Gasteiger partial charge in [-0.05, 0) is 18.2 Å². The van der Waals surface area contributed by atoms with Crippen LogP contribution in [0.4, 0.5) is 10.4 Å². The highest BCUT2D eigenvalue weighted by Crippen LogP contribution is 2.27. The summed E-state index contributed by atoms with van der Waals surface area (Å²) in [6, 6.07) is 6.01. The van der Waals surface area contributed by atoms with Crippen LogP contribution in [0.15, 0.2) is 28.7 Å². The van der Waals surface area contributed by atoms with Gasteiger partial charge in [0, 0.05) is 23.4 Å². The molecule has 0 N–H and O–H groups in total. The summed E-state index contributed by atoms with van der Waals surface area (Å²) >= 11 is 3.38. The van der Waals surface area contributed by atoms with Gasteiger partial charge in [0.25, 0.3) is 0 Å². The summed E-state index contributed by atoms with van der Waals surface area (Å²) in [6.07, 6.45) is 0.400. The highest BCUT2D eigenvalue weighted by Gasteiger charge is 2.32. The van der Waals surface area contributed by atoms with Crippen molar-refractivity contribution in [1.29, 1.82) is 0 Å². The normalized spacial score (nSPS) is 19.2. The zero-order chi connectivity index (χ0) is 13.4. The molecular weight excluding hydrogens is 317 g/mol. The molecule has 5 nitrogen and oxygen atoms in total. The minimum atomic E-state index is -0.380. The lowest BCUT2D eigenvalue weighted by atomic mass is 10.2. The van der Waals surface area contributed by atoms with Gasteiger partial charge in [0.05, 0.1) is 0 Å². The number of nitrogens with zero attached hydrogens (tertiary/aromatic N) is 3. The molecule has 0 spiro atoms. The zero-order valence-corrected chi connectivity index (χ0v) is 11.3. The lowest BCUT2D eigenvalue weighted by molar-refractivity contribution is -0.117. The number of hydrogen-bond acceptors (Lipinski definition) is 4. The maximum Gasteiger partial charge on any atom is 0.325 e. The van der Waals surface area contributed by atoms with Crippen LogP contribution in [0.5, 0.6) is 0 Å². The molecule has 1 atom stereocenters. The van der Waals surface area contributed by atoms with E-state index in [2.05, 4.69) is 26.1 Å². The maximum absolute atomic E-state index is 13.1. The second kappa shape index (κ2) is 4.73. The molecular formula is C12H9BrFN3O2. The zero-order valence-electron chi connectivity index (χ0n) is 9.72. The van der Waals surface area contributed by atoms with Gasteiger partial charge in [0.15, 0.2) is 0 Å². The Morgan fingerprint density at radius 3 is 2.95 bits per heavy atom. The Kier molecular flexibility index (Phi) is 3.06. The summed E-state index contributed by atoms with van der Waals surface area (Å²) in [7, 11) is 0. The molecule has 7 heteroatoms. The van der Waals surface area contributed by atoms with Gasteiger partial charge >= 0.3 is 6.01 Å². The quantitative estimate of drug-likeness (QED) is 0.795. The van der Waals surface area contributed by atoms with Crippen LogP contribution in [0, 0.1) is 5.82 Å². The molecule has 0 aliphatic carbocycles. The predicted octanol–water partition coefficient (Wildman–Crippen LogP) is 2.38. The van der Waals surface area contributed by atoms with E-state index in [9.17, 15) is 9.18 Å². The molecule has 1 saturated heterocycles. The summed E-state index contributed by atoms with van der Waals surface area (Å²) in [6.45, 7) is 0.490.